The van der Waals surface area contributed by atoms with Crippen molar-refractivity contribution in [1.82, 2.24) is 14.5 Å². The largest absolute Gasteiger partial charge is 0.330 e. The van der Waals surface area contributed by atoms with E-state index < -0.39 is 0 Å². The Bertz CT molecular complexity index is 618. The van der Waals surface area contributed by atoms with Gasteiger partial charge in [0.05, 0.1) is 17.1 Å². The molecule has 3 unspecified atom stereocenters. The lowest BCUT2D eigenvalue weighted by molar-refractivity contribution is 0.145. The van der Waals surface area contributed by atoms with E-state index in [9.17, 15) is 0 Å². The first-order valence-electron chi connectivity index (χ1n) is 7.96. The third kappa shape index (κ3) is 2.47. The van der Waals surface area contributed by atoms with Gasteiger partial charge in [-0.15, -0.1) is 0 Å². The van der Waals surface area contributed by atoms with Crippen LogP contribution in [0.5, 0.6) is 0 Å². The average molecular weight is 286 g/mol. The standard InChI is InChI=1S/C17H26N4/c1-12(20(2)15-10-6-7-13(15)11-18)17-19-14-8-4-5-9-16(14)21(17)3/h4-5,8-9,12-13,15H,6-7,10-11,18H2,1-3H3. The lowest BCUT2D eigenvalue weighted by Gasteiger charge is -2.33. The molecule has 1 aliphatic carbocycles. The highest BCUT2D eigenvalue weighted by Crippen LogP contribution is 2.33. The Labute approximate surface area is 126 Å². The van der Waals surface area contributed by atoms with Crippen LogP contribution in [0.2, 0.25) is 0 Å². The summed E-state index contributed by atoms with van der Waals surface area (Å²) in [4.78, 5) is 7.32. The minimum absolute atomic E-state index is 0.305. The fraction of sp³-hybridized carbons (Fsp3) is 0.588. The third-order valence-corrected chi connectivity index (χ3v) is 5.25. The molecular weight excluding hydrogens is 260 g/mol. The first-order valence-corrected chi connectivity index (χ1v) is 7.96. The summed E-state index contributed by atoms with van der Waals surface area (Å²) in [5.41, 5.74) is 8.23. The van der Waals surface area contributed by atoms with Crippen LogP contribution in [0.3, 0.4) is 0 Å². The molecule has 1 heterocycles. The van der Waals surface area contributed by atoms with Crippen LogP contribution in [0, 0.1) is 5.92 Å². The predicted molar refractivity (Wildman–Crippen MR) is 87.1 cm³/mol. The van der Waals surface area contributed by atoms with Gasteiger partial charge in [0, 0.05) is 13.1 Å². The monoisotopic (exact) mass is 286 g/mol. The minimum atomic E-state index is 0.305. The van der Waals surface area contributed by atoms with Crippen LogP contribution in [-0.2, 0) is 7.05 Å². The zero-order valence-corrected chi connectivity index (χ0v) is 13.3. The fourth-order valence-electron chi connectivity index (χ4n) is 3.84. The molecule has 2 N–H and O–H groups in total. The lowest BCUT2D eigenvalue weighted by Crippen LogP contribution is -2.39. The van der Waals surface area contributed by atoms with Crippen LogP contribution in [0.15, 0.2) is 24.3 Å². The number of fused-ring (bicyclic) bond motifs is 1. The van der Waals surface area contributed by atoms with E-state index in [2.05, 4.69) is 54.8 Å². The van der Waals surface area contributed by atoms with Crippen molar-refractivity contribution < 1.29 is 0 Å². The van der Waals surface area contributed by atoms with Gasteiger partial charge in [0.1, 0.15) is 5.82 Å². The van der Waals surface area contributed by atoms with Crippen LogP contribution < -0.4 is 5.73 Å². The molecule has 0 aliphatic heterocycles. The Morgan fingerprint density at radius 3 is 2.86 bits per heavy atom. The van der Waals surface area contributed by atoms with Gasteiger partial charge in [-0.25, -0.2) is 4.98 Å². The van der Waals surface area contributed by atoms with Gasteiger partial charge in [-0.3, -0.25) is 4.90 Å². The molecule has 0 amide bonds. The molecular formula is C17H26N4. The summed E-state index contributed by atoms with van der Waals surface area (Å²) in [6.45, 7) is 3.05. The van der Waals surface area contributed by atoms with E-state index in [-0.39, 0.29) is 0 Å². The Kier molecular flexibility index (Phi) is 4.00. The molecule has 2 aromatic rings. The van der Waals surface area contributed by atoms with Crippen molar-refractivity contribution in [2.75, 3.05) is 13.6 Å². The van der Waals surface area contributed by atoms with E-state index in [1.807, 2.05) is 0 Å². The maximum absolute atomic E-state index is 5.94. The SMILES string of the molecule is CC(c1nc2ccccc2n1C)N(C)C1CCCC1CN. The molecule has 3 rings (SSSR count). The van der Waals surface area contributed by atoms with Gasteiger partial charge >= 0.3 is 0 Å². The van der Waals surface area contributed by atoms with Crippen LogP contribution >= 0.6 is 0 Å². The van der Waals surface area contributed by atoms with Crippen LogP contribution in [-0.4, -0.2) is 34.1 Å². The molecule has 4 heteroatoms. The normalized spacial score (nSPS) is 24.0. The molecule has 3 atom stereocenters. The summed E-state index contributed by atoms with van der Waals surface area (Å²) in [7, 11) is 4.34. The summed E-state index contributed by atoms with van der Waals surface area (Å²) in [6, 6.07) is 9.24. The molecule has 0 saturated heterocycles. The highest BCUT2D eigenvalue weighted by atomic mass is 15.2. The zero-order chi connectivity index (χ0) is 15.0. The summed E-state index contributed by atoms with van der Waals surface area (Å²) < 4.78 is 2.23. The van der Waals surface area contributed by atoms with Crippen LogP contribution in [0.1, 0.15) is 38.1 Å². The molecule has 1 aliphatic rings. The summed E-state index contributed by atoms with van der Waals surface area (Å²) in [5.74, 6) is 1.77. The van der Waals surface area contributed by atoms with Gasteiger partial charge in [-0.05, 0) is 51.4 Å². The smallest absolute Gasteiger partial charge is 0.126 e. The first-order chi connectivity index (χ1) is 10.1. The lowest BCUT2D eigenvalue weighted by atomic mass is 10.0. The van der Waals surface area contributed by atoms with Crippen molar-refractivity contribution >= 4 is 11.0 Å². The number of nitrogens with zero attached hydrogens (tertiary/aromatic N) is 3. The van der Waals surface area contributed by atoms with E-state index in [1.54, 1.807) is 0 Å². The number of rotatable bonds is 4. The summed E-state index contributed by atoms with van der Waals surface area (Å²) in [6.07, 6.45) is 3.82. The molecule has 114 valence electrons. The number of hydrogen-bond donors (Lipinski definition) is 1. The molecule has 0 spiro atoms. The van der Waals surface area contributed by atoms with Gasteiger partial charge < -0.3 is 10.3 Å². The Balaban J connectivity index is 1.89. The second-order valence-electron chi connectivity index (χ2n) is 6.35. The average Bonchev–Trinajstić information content (AvgIpc) is 3.11. The number of aryl methyl sites for hydroxylation is 1. The second-order valence-corrected chi connectivity index (χ2v) is 6.35. The molecule has 1 aromatic carbocycles. The van der Waals surface area contributed by atoms with Gasteiger partial charge in [0.15, 0.2) is 0 Å². The van der Waals surface area contributed by atoms with Crippen LogP contribution in [0.4, 0.5) is 0 Å². The molecule has 4 nitrogen and oxygen atoms in total. The second kappa shape index (κ2) is 5.78. The van der Waals surface area contributed by atoms with Gasteiger partial charge in [0.2, 0.25) is 0 Å². The topological polar surface area (TPSA) is 47.1 Å². The van der Waals surface area contributed by atoms with E-state index in [0.29, 0.717) is 18.0 Å². The third-order valence-electron chi connectivity index (χ3n) is 5.25. The van der Waals surface area contributed by atoms with E-state index >= 15 is 0 Å². The Morgan fingerprint density at radius 2 is 2.14 bits per heavy atom. The number of benzene rings is 1. The van der Waals surface area contributed by atoms with E-state index in [0.717, 1.165) is 17.9 Å². The molecule has 1 aromatic heterocycles. The predicted octanol–water partition coefficient (Wildman–Crippen LogP) is 2.69. The van der Waals surface area contributed by atoms with Crippen molar-refractivity contribution in [3.8, 4) is 0 Å². The number of hydrogen-bond acceptors (Lipinski definition) is 3. The minimum Gasteiger partial charge on any atom is -0.330 e. The van der Waals surface area contributed by atoms with Crippen molar-refractivity contribution in [2.45, 2.75) is 38.3 Å². The molecule has 0 radical (unpaired) electrons. The van der Waals surface area contributed by atoms with Crippen LogP contribution in [0.25, 0.3) is 11.0 Å². The van der Waals surface area contributed by atoms with E-state index in [4.69, 9.17) is 10.7 Å². The molecule has 1 saturated carbocycles. The quantitative estimate of drug-likeness (QED) is 0.940. The van der Waals surface area contributed by atoms with Crippen molar-refractivity contribution in [3.05, 3.63) is 30.1 Å². The number of nitrogens with two attached hydrogens (primary N) is 1. The van der Waals surface area contributed by atoms with Crippen molar-refractivity contribution in [1.29, 1.82) is 0 Å². The van der Waals surface area contributed by atoms with Gasteiger partial charge in [-0.2, -0.15) is 0 Å². The Hall–Kier alpha value is -1.39. The van der Waals surface area contributed by atoms with Gasteiger partial charge in [0.25, 0.3) is 0 Å². The highest BCUT2D eigenvalue weighted by Gasteiger charge is 2.33. The number of imidazole rings is 1. The van der Waals surface area contributed by atoms with Gasteiger partial charge in [-0.1, -0.05) is 18.6 Å². The first kappa shape index (κ1) is 14.5. The molecule has 1 fully saturated rings. The summed E-state index contributed by atoms with van der Waals surface area (Å²) in [5, 5.41) is 0. The highest BCUT2D eigenvalue weighted by molar-refractivity contribution is 5.75. The fourth-order valence-corrected chi connectivity index (χ4v) is 3.84. The Morgan fingerprint density at radius 1 is 1.38 bits per heavy atom. The molecule has 21 heavy (non-hydrogen) atoms. The number of aromatic nitrogens is 2. The summed E-state index contributed by atoms with van der Waals surface area (Å²) >= 11 is 0. The maximum Gasteiger partial charge on any atom is 0.126 e. The zero-order valence-electron chi connectivity index (χ0n) is 13.3. The van der Waals surface area contributed by atoms with Crippen molar-refractivity contribution in [3.63, 3.8) is 0 Å². The van der Waals surface area contributed by atoms with E-state index in [1.165, 1.54) is 24.8 Å². The van der Waals surface area contributed by atoms with Crippen molar-refractivity contribution in [2.24, 2.45) is 18.7 Å². The number of para-hydroxylation sites is 2. The maximum atomic E-state index is 5.94. The molecule has 0 bridgehead atoms.